The summed E-state index contributed by atoms with van der Waals surface area (Å²) >= 11 is 0. The summed E-state index contributed by atoms with van der Waals surface area (Å²) in [6.45, 7) is 4.71. The molecule has 1 unspecified atom stereocenters. The summed E-state index contributed by atoms with van der Waals surface area (Å²) in [5.74, 6) is 0. The van der Waals surface area contributed by atoms with Crippen LogP contribution in [0.5, 0.6) is 0 Å². The number of nitrogens with zero attached hydrogens (tertiary/aromatic N) is 2. The second-order valence-electron chi connectivity index (χ2n) is 3.56. The van der Waals surface area contributed by atoms with Crippen molar-refractivity contribution in [1.82, 2.24) is 19.6 Å². The summed E-state index contributed by atoms with van der Waals surface area (Å²) in [5, 5.41) is 3.17. The van der Waals surface area contributed by atoms with Crippen LogP contribution >= 0.6 is 12.4 Å². The van der Waals surface area contributed by atoms with Crippen LogP contribution in [-0.4, -0.2) is 37.6 Å². The van der Waals surface area contributed by atoms with Crippen LogP contribution in [0.25, 0.3) is 0 Å². The minimum atomic E-state index is -3.45. The average Bonchev–Trinajstić information content (AvgIpc) is 2.74. The summed E-state index contributed by atoms with van der Waals surface area (Å²) < 4.78 is 27.9. The van der Waals surface area contributed by atoms with Crippen LogP contribution in [0.2, 0.25) is 0 Å². The molecule has 100 valence electrons. The van der Waals surface area contributed by atoms with Crippen LogP contribution in [0.15, 0.2) is 17.6 Å². The lowest BCUT2D eigenvalue weighted by Gasteiger charge is -2.12. The number of sulfonamides is 1. The number of halogens is 1. The standard InChI is InChI=1S/C9H18N4O2S.ClH/c1-4-13-7-11-6-9(13)16(14,15)12-5-8(2)10-3;/h6-8,10,12H,4-5H2,1-3H3;1H. The topological polar surface area (TPSA) is 76.0 Å². The maximum Gasteiger partial charge on any atom is 0.257 e. The summed E-state index contributed by atoms with van der Waals surface area (Å²) in [6.07, 6.45) is 2.87. The van der Waals surface area contributed by atoms with Crippen molar-refractivity contribution in [3.05, 3.63) is 12.5 Å². The van der Waals surface area contributed by atoms with Crippen molar-refractivity contribution in [3.8, 4) is 0 Å². The number of nitrogens with one attached hydrogen (secondary N) is 2. The quantitative estimate of drug-likeness (QED) is 0.782. The molecule has 0 radical (unpaired) electrons. The molecule has 1 heterocycles. The molecule has 0 aliphatic rings. The van der Waals surface area contributed by atoms with Gasteiger partial charge in [0.15, 0.2) is 5.03 Å². The fraction of sp³-hybridized carbons (Fsp3) is 0.667. The van der Waals surface area contributed by atoms with Crippen LogP contribution in [0.1, 0.15) is 13.8 Å². The fourth-order valence-corrected chi connectivity index (χ4v) is 2.48. The van der Waals surface area contributed by atoms with Gasteiger partial charge in [-0.25, -0.2) is 18.1 Å². The molecule has 1 atom stereocenters. The Hall–Kier alpha value is -0.630. The lowest BCUT2D eigenvalue weighted by atomic mass is 10.4. The fourth-order valence-electron chi connectivity index (χ4n) is 1.18. The zero-order chi connectivity index (χ0) is 12.2. The smallest absolute Gasteiger partial charge is 0.257 e. The molecular formula is C9H19ClN4O2S. The summed E-state index contributed by atoms with van der Waals surface area (Å²) in [7, 11) is -1.67. The molecular weight excluding hydrogens is 264 g/mol. The van der Waals surface area contributed by atoms with Crippen LogP contribution in [-0.2, 0) is 16.6 Å². The summed E-state index contributed by atoms with van der Waals surface area (Å²) in [4.78, 5) is 3.83. The normalized spacial score (nSPS) is 13.1. The van der Waals surface area contributed by atoms with Gasteiger partial charge in [0.25, 0.3) is 10.0 Å². The highest BCUT2D eigenvalue weighted by Gasteiger charge is 2.18. The van der Waals surface area contributed by atoms with E-state index < -0.39 is 10.0 Å². The van der Waals surface area contributed by atoms with Gasteiger partial charge in [-0.2, -0.15) is 0 Å². The predicted molar refractivity (Wildman–Crippen MR) is 68.9 cm³/mol. The van der Waals surface area contributed by atoms with E-state index in [0.717, 1.165) is 0 Å². The first-order chi connectivity index (χ1) is 7.51. The molecule has 0 saturated heterocycles. The van der Waals surface area contributed by atoms with Crippen LogP contribution in [0.3, 0.4) is 0 Å². The van der Waals surface area contributed by atoms with E-state index in [1.165, 1.54) is 12.5 Å². The molecule has 0 saturated carbocycles. The molecule has 0 amide bonds. The average molecular weight is 283 g/mol. The van der Waals surface area contributed by atoms with E-state index in [9.17, 15) is 8.42 Å². The third kappa shape index (κ3) is 4.27. The van der Waals surface area contributed by atoms with Crippen molar-refractivity contribution in [3.63, 3.8) is 0 Å². The molecule has 1 rings (SSSR count). The number of hydrogen-bond acceptors (Lipinski definition) is 4. The Morgan fingerprint density at radius 1 is 1.53 bits per heavy atom. The first kappa shape index (κ1) is 16.4. The highest BCUT2D eigenvalue weighted by Crippen LogP contribution is 2.07. The van der Waals surface area contributed by atoms with Crippen LogP contribution in [0, 0.1) is 0 Å². The minimum Gasteiger partial charge on any atom is -0.321 e. The van der Waals surface area contributed by atoms with Gasteiger partial charge < -0.3 is 9.88 Å². The first-order valence-corrected chi connectivity index (χ1v) is 6.66. The Balaban J connectivity index is 0.00000256. The molecule has 17 heavy (non-hydrogen) atoms. The van der Waals surface area contributed by atoms with E-state index in [-0.39, 0.29) is 23.5 Å². The second kappa shape index (κ2) is 6.95. The van der Waals surface area contributed by atoms with E-state index in [4.69, 9.17) is 0 Å². The maximum atomic E-state index is 11.9. The zero-order valence-corrected chi connectivity index (χ0v) is 11.8. The maximum absolute atomic E-state index is 11.9. The van der Waals surface area contributed by atoms with E-state index >= 15 is 0 Å². The molecule has 0 aliphatic heterocycles. The third-order valence-corrected chi connectivity index (χ3v) is 3.80. The highest BCUT2D eigenvalue weighted by atomic mass is 35.5. The molecule has 1 aromatic heterocycles. The highest BCUT2D eigenvalue weighted by molar-refractivity contribution is 7.89. The van der Waals surface area contributed by atoms with Crippen molar-refractivity contribution < 1.29 is 8.42 Å². The van der Waals surface area contributed by atoms with Gasteiger partial charge in [-0.1, -0.05) is 0 Å². The van der Waals surface area contributed by atoms with E-state index in [1.54, 1.807) is 11.6 Å². The molecule has 2 N–H and O–H groups in total. The van der Waals surface area contributed by atoms with Gasteiger partial charge in [-0.05, 0) is 20.9 Å². The number of aryl methyl sites for hydroxylation is 1. The van der Waals surface area contributed by atoms with Gasteiger partial charge in [0, 0.05) is 19.1 Å². The SMILES string of the molecule is CCn1cncc1S(=O)(=O)NCC(C)NC.Cl. The van der Waals surface area contributed by atoms with Gasteiger partial charge >= 0.3 is 0 Å². The molecule has 8 heteroatoms. The molecule has 0 fully saturated rings. The van der Waals surface area contributed by atoms with Gasteiger partial charge in [0.1, 0.15) is 0 Å². The van der Waals surface area contributed by atoms with Gasteiger partial charge in [0.2, 0.25) is 0 Å². The van der Waals surface area contributed by atoms with E-state index in [1.807, 2.05) is 13.8 Å². The molecule has 0 aromatic carbocycles. The Morgan fingerprint density at radius 2 is 2.18 bits per heavy atom. The van der Waals surface area contributed by atoms with E-state index in [0.29, 0.717) is 13.1 Å². The molecule has 6 nitrogen and oxygen atoms in total. The molecule has 1 aromatic rings. The Labute approximate surface area is 108 Å². The van der Waals surface area contributed by atoms with Gasteiger partial charge in [-0.3, -0.25) is 0 Å². The minimum absolute atomic E-state index is 0. The number of aromatic nitrogens is 2. The predicted octanol–water partition coefficient (Wildman–Crippen LogP) is 0.211. The molecule has 0 bridgehead atoms. The van der Waals surface area contributed by atoms with Gasteiger partial charge in [-0.15, -0.1) is 12.4 Å². The van der Waals surface area contributed by atoms with Crippen molar-refractivity contribution in [2.75, 3.05) is 13.6 Å². The van der Waals surface area contributed by atoms with Crippen molar-refractivity contribution >= 4 is 22.4 Å². The summed E-state index contributed by atoms with van der Waals surface area (Å²) in [6, 6.07) is 0.0905. The van der Waals surface area contributed by atoms with E-state index in [2.05, 4.69) is 15.0 Å². The van der Waals surface area contributed by atoms with Crippen molar-refractivity contribution in [1.29, 1.82) is 0 Å². The Morgan fingerprint density at radius 3 is 2.71 bits per heavy atom. The molecule has 0 aliphatic carbocycles. The second-order valence-corrected chi connectivity index (χ2v) is 5.27. The molecule has 0 spiro atoms. The summed E-state index contributed by atoms with van der Waals surface area (Å²) in [5.41, 5.74) is 0. The lowest BCUT2D eigenvalue weighted by Crippen LogP contribution is -2.37. The lowest BCUT2D eigenvalue weighted by molar-refractivity contribution is 0.543. The third-order valence-electron chi connectivity index (χ3n) is 2.36. The Kier molecular flexibility index (Phi) is 6.69. The number of likely N-dealkylation sites (N-methyl/N-ethyl adjacent to an activating group) is 1. The Bertz CT molecular complexity index is 432. The monoisotopic (exact) mass is 282 g/mol. The first-order valence-electron chi connectivity index (χ1n) is 5.18. The van der Waals surface area contributed by atoms with Crippen molar-refractivity contribution in [2.24, 2.45) is 0 Å². The number of imidazole rings is 1. The zero-order valence-electron chi connectivity index (χ0n) is 10.2. The van der Waals surface area contributed by atoms with Crippen LogP contribution in [0.4, 0.5) is 0 Å². The number of hydrogen-bond donors (Lipinski definition) is 2. The van der Waals surface area contributed by atoms with Crippen molar-refractivity contribution in [2.45, 2.75) is 31.5 Å². The largest absolute Gasteiger partial charge is 0.321 e. The van der Waals surface area contributed by atoms with Crippen LogP contribution < -0.4 is 10.0 Å². The van der Waals surface area contributed by atoms with Gasteiger partial charge in [0.05, 0.1) is 12.5 Å². The number of rotatable bonds is 6.